The fraction of sp³-hybridized carbons (Fsp3) is 0.286. The van der Waals surface area contributed by atoms with Crippen LogP contribution in [0, 0.1) is 18.8 Å². The number of nitrogens with zero attached hydrogens (tertiary/aromatic N) is 2. The van der Waals surface area contributed by atoms with E-state index in [2.05, 4.69) is 20.2 Å². The van der Waals surface area contributed by atoms with E-state index in [0.29, 0.717) is 46.5 Å². The molecule has 1 aliphatic carbocycles. The number of carboxylic acid groups (broad SMARTS) is 1. The van der Waals surface area contributed by atoms with Crippen LogP contribution < -0.4 is 10.2 Å². The second-order valence-electron chi connectivity index (χ2n) is 7.83. The Kier molecular flexibility index (Phi) is 4.96. The lowest BCUT2D eigenvalue weighted by Gasteiger charge is -2.19. The molecule has 160 valence electrons. The molecule has 7 nitrogen and oxygen atoms in total. The zero-order chi connectivity index (χ0) is 21.9. The van der Waals surface area contributed by atoms with Crippen LogP contribution in [-0.2, 0) is 0 Å². The van der Waals surface area contributed by atoms with Gasteiger partial charge in [0.1, 0.15) is 10.6 Å². The van der Waals surface area contributed by atoms with E-state index in [1.165, 1.54) is 11.3 Å². The number of anilines is 1. The van der Waals surface area contributed by atoms with Crippen molar-refractivity contribution in [1.29, 1.82) is 0 Å². The van der Waals surface area contributed by atoms with Crippen LogP contribution in [0.2, 0.25) is 10.0 Å². The SMILES string of the molecule is Cc1[nH]c(C(=O)N[C@@H]2[C@@H]3CN(c4nc(-c5ccccc5)c(C(=O)O)s4)C[C@@H]32)c(Cl)c1Cl. The average Bonchev–Trinajstić information content (AvgIpc) is 3.16. The molecule has 1 aliphatic heterocycles. The fourth-order valence-corrected chi connectivity index (χ4v) is 5.59. The minimum absolute atomic E-state index is 0.0645. The zero-order valence-electron chi connectivity index (χ0n) is 16.4. The minimum atomic E-state index is -0.978. The molecular formula is C21H18Cl2N4O3S. The van der Waals surface area contributed by atoms with Crippen LogP contribution in [0.3, 0.4) is 0 Å². The highest BCUT2D eigenvalue weighted by Gasteiger charge is 2.57. The first-order valence-corrected chi connectivity index (χ1v) is 11.3. The Labute approximate surface area is 192 Å². The molecule has 1 saturated carbocycles. The van der Waals surface area contributed by atoms with Crippen LogP contribution in [0.1, 0.15) is 25.9 Å². The highest BCUT2D eigenvalue weighted by Crippen LogP contribution is 2.48. The van der Waals surface area contributed by atoms with Crippen molar-refractivity contribution in [1.82, 2.24) is 15.3 Å². The van der Waals surface area contributed by atoms with Crippen LogP contribution >= 0.6 is 34.5 Å². The van der Waals surface area contributed by atoms with Crippen molar-refractivity contribution in [3.63, 3.8) is 0 Å². The van der Waals surface area contributed by atoms with Gasteiger partial charge >= 0.3 is 5.97 Å². The summed E-state index contributed by atoms with van der Waals surface area (Å²) in [7, 11) is 0. The molecule has 3 aromatic rings. The summed E-state index contributed by atoms with van der Waals surface area (Å²) in [5, 5.41) is 14.0. The van der Waals surface area contributed by atoms with Gasteiger partial charge in [0.05, 0.1) is 15.7 Å². The first kappa shape index (κ1) is 20.4. The molecule has 5 rings (SSSR count). The zero-order valence-corrected chi connectivity index (χ0v) is 18.7. The van der Waals surface area contributed by atoms with Crippen LogP contribution in [0.5, 0.6) is 0 Å². The highest BCUT2D eigenvalue weighted by atomic mass is 35.5. The van der Waals surface area contributed by atoms with E-state index < -0.39 is 5.97 Å². The average molecular weight is 477 g/mol. The van der Waals surface area contributed by atoms with Crippen LogP contribution in [0.25, 0.3) is 11.3 Å². The van der Waals surface area contributed by atoms with Crippen molar-refractivity contribution in [3.8, 4) is 11.3 Å². The molecule has 3 N–H and O–H groups in total. The number of hydrogen-bond donors (Lipinski definition) is 3. The van der Waals surface area contributed by atoms with Gasteiger partial charge in [-0.15, -0.1) is 0 Å². The third kappa shape index (κ3) is 3.48. The lowest BCUT2D eigenvalue weighted by Crippen LogP contribution is -2.34. The van der Waals surface area contributed by atoms with Crippen molar-refractivity contribution >= 4 is 51.5 Å². The molecular weight excluding hydrogens is 459 g/mol. The Morgan fingerprint density at radius 2 is 1.87 bits per heavy atom. The van der Waals surface area contributed by atoms with Crippen molar-refractivity contribution in [3.05, 3.63) is 56.6 Å². The molecule has 2 aliphatic rings. The van der Waals surface area contributed by atoms with Gasteiger partial charge < -0.3 is 20.3 Å². The number of carboxylic acids is 1. The molecule has 0 bridgehead atoms. The molecule has 1 amide bonds. The molecule has 0 radical (unpaired) electrons. The van der Waals surface area contributed by atoms with Gasteiger partial charge in [-0.1, -0.05) is 64.9 Å². The Morgan fingerprint density at radius 3 is 2.45 bits per heavy atom. The number of aromatic carboxylic acids is 1. The van der Waals surface area contributed by atoms with Gasteiger partial charge in [-0.2, -0.15) is 0 Å². The van der Waals surface area contributed by atoms with Crippen LogP contribution in [0.4, 0.5) is 5.13 Å². The number of halogens is 2. The molecule has 0 unspecified atom stereocenters. The Morgan fingerprint density at radius 1 is 1.19 bits per heavy atom. The first-order valence-electron chi connectivity index (χ1n) is 9.74. The quantitative estimate of drug-likeness (QED) is 0.509. The monoisotopic (exact) mass is 476 g/mol. The number of carbonyl (C=O) groups excluding carboxylic acids is 1. The molecule has 3 heterocycles. The number of aromatic amines is 1. The molecule has 2 fully saturated rings. The lowest BCUT2D eigenvalue weighted by atomic mass is 10.1. The van der Waals surface area contributed by atoms with Crippen molar-refractivity contribution in [2.45, 2.75) is 13.0 Å². The summed E-state index contributed by atoms with van der Waals surface area (Å²) in [6.07, 6.45) is 0. The number of benzene rings is 1. The summed E-state index contributed by atoms with van der Waals surface area (Å²) < 4.78 is 0. The Hall–Kier alpha value is -2.55. The lowest BCUT2D eigenvalue weighted by molar-refractivity contribution is 0.0702. The molecule has 1 saturated heterocycles. The van der Waals surface area contributed by atoms with E-state index in [0.717, 1.165) is 5.56 Å². The third-order valence-corrected chi connectivity index (χ3v) is 7.95. The molecule has 2 aromatic heterocycles. The van der Waals surface area contributed by atoms with Crippen molar-refractivity contribution in [2.24, 2.45) is 11.8 Å². The van der Waals surface area contributed by atoms with Crippen molar-refractivity contribution < 1.29 is 14.7 Å². The van der Waals surface area contributed by atoms with E-state index in [1.807, 2.05) is 30.3 Å². The highest BCUT2D eigenvalue weighted by molar-refractivity contribution is 7.17. The number of hydrogen-bond acceptors (Lipinski definition) is 5. The number of rotatable bonds is 5. The van der Waals surface area contributed by atoms with E-state index >= 15 is 0 Å². The molecule has 3 atom stereocenters. The largest absolute Gasteiger partial charge is 0.477 e. The van der Waals surface area contributed by atoms with E-state index in [1.54, 1.807) is 6.92 Å². The predicted molar refractivity (Wildman–Crippen MR) is 121 cm³/mol. The maximum atomic E-state index is 12.6. The summed E-state index contributed by atoms with van der Waals surface area (Å²) >= 11 is 13.4. The number of carbonyl (C=O) groups is 2. The number of piperidine rings is 1. The standard InChI is InChI=1S/C21H18Cl2N4O3S/c1-9-13(22)14(23)17(24-9)19(28)25-16-11-7-27(8-12(11)16)21-26-15(18(31-21)20(29)30)10-5-3-2-4-6-10/h2-6,11-12,16,24H,7-8H2,1H3,(H,25,28)(H,29,30)/t11-,12+,16-. The molecule has 0 spiro atoms. The second kappa shape index (κ2) is 7.55. The van der Waals surface area contributed by atoms with Gasteiger partial charge in [0.25, 0.3) is 5.91 Å². The number of aryl methyl sites for hydroxylation is 1. The number of nitrogens with one attached hydrogen (secondary N) is 2. The first-order chi connectivity index (χ1) is 14.8. The van der Waals surface area contributed by atoms with Crippen LogP contribution in [0.15, 0.2) is 30.3 Å². The smallest absolute Gasteiger partial charge is 0.348 e. The summed E-state index contributed by atoms with van der Waals surface area (Å²) in [6.45, 7) is 3.20. The normalized spacial score (nSPS) is 21.8. The van der Waals surface area contributed by atoms with Gasteiger partial charge in [-0.3, -0.25) is 4.79 Å². The van der Waals surface area contributed by atoms with Gasteiger partial charge in [-0.25, -0.2) is 9.78 Å². The Balaban J connectivity index is 1.28. The fourth-order valence-electron chi connectivity index (χ4n) is 4.23. The van der Waals surface area contributed by atoms with E-state index in [-0.39, 0.29) is 27.5 Å². The van der Waals surface area contributed by atoms with Gasteiger partial charge in [-0.05, 0) is 6.92 Å². The maximum Gasteiger partial charge on any atom is 0.348 e. The topological polar surface area (TPSA) is 98.3 Å². The summed E-state index contributed by atoms with van der Waals surface area (Å²) in [4.78, 5) is 34.2. The van der Waals surface area contributed by atoms with E-state index in [9.17, 15) is 14.7 Å². The number of aromatic nitrogens is 2. The number of thiazole rings is 1. The third-order valence-electron chi connectivity index (χ3n) is 5.90. The van der Waals surface area contributed by atoms with Gasteiger partial charge in [0.15, 0.2) is 5.13 Å². The maximum absolute atomic E-state index is 12.6. The predicted octanol–water partition coefficient (Wildman–Crippen LogP) is 4.32. The number of amides is 1. The molecule has 31 heavy (non-hydrogen) atoms. The van der Waals surface area contributed by atoms with E-state index in [4.69, 9.17) is 23.2 Å². The number of fused-ring (bicyclic) bond motifs is 1. The van der Waals surface area contributed by atoms with Crippen molar-refractivity contribution in [2.75, 3.05) is 18.0 Å². The minimum Gasteiger partial charge on any atom is -0.477 e. The van der Waals surface area contributed by atoms with Gasteiger partial charge in [0, 0.05) is 42.2 Å². The van der Waals surface area contributed by atoms with Crippen LogP contribution in [-0.4, -0.2) is 46.1 Å². The molecule has 10 heteroatoms. The summed E-state index contributed by atoms with van der Waals surface area (Å²) in [5.41, 5.74) is 2.22. The molecule has 1 aromatic carbocycles. The summed E-state index contributed by atoms with van der Waals surface area (Å²) in [5.74, 6) is -0.646. The van der Waals surface area contributed by atoms with Gasteiger partial charge in [0.2, 0.25) is 0 Å². The second-order valence-corrected chi connectivity index (χ2v) is 9.56. The number of H-pyrrole nitrogens is 1. The summed E-state index contributed by atoms with van der Waals surface area (Å²) in [6, 6.07) is 9.40. The Bertz CT molecular complexity index is 1180.